The first kappa shape index (κ1) is 16.6. The van der Waals surface area contributed by atoms with Crippen molar-refractivity contribution in [3.8, 4) is 5.69 Å². The third kappa shape index (κ3) is 4.14. The molecular weight excluding hydrogens is 341 g/mol. The van der Waals surface area contributed by atoms with Crippen LogP contribution in [0.4, 0.5) is 18.9 Å². The van der Waals surface area contributed by atoms with Gasteiger partial charge < -0.3 is 5.32 Å². The fourth-order valence-electron chi connectivity index (χ4n) is 1.55. The maximum atomic E-state index is 12.3. The highest BCUT2D eigenvalue weighted by molar-refractivity contribution is 7.81. The number of rotatable bonds is 4. The van der Waals surface area contributed by atoms with Gasteiger partial charge in [-0.15, -0.1) is 0 Å². The summed E-state index contributed by atoms with van der Waals surface area (Å²) in [5.74, 6) is -0.857. The molecular formula is C12H10ClF3N4OS. The van der Waals surface area contributed by atoms with Crippen molar-refractivity contribution in [2.24, 2.45) is 0 Å². The molecule has 1 unspecified atom stereocenters. The molecule has 2 aromatic heterocycles. The van der Waals surface area contributed by atoms with Crippen molar-refractivity contribution in [2.45, 2.75) is 17.8 Å². The van der Waals surface area contributed by atoms with Crippen molar-refractivity contribution >= 4 is 35.8 Å². The molecule has 0 bridgehead atoms. The topological polar surface area (TPSA) is 59.8 Å². The van der Waals surface area contributed by atoms with Crippen LogP contribution < -0.4 is 5.32 Å². The number of carbonyl (C=O) groups excluding carboxylic acids is 1. The highest BCUT2D eigenvalue weighted by atomic mass is 35.5. The van der Waals surface area contributed by atoms with Crippen molar-refractivity contribution in [2.75, 3.05) is 5.32 Å². The maximum absolute atomic E-state index is 12.3. The first-order chi connectivity index (χ1) is 10.3. The van der Waals surface area contributed by atoms with Gasteiger partial charge in [-0.3, -0.25) is 9.78 Å². The number of nitrogens with one attached hydrogen (secondary N) is 1. The Morgan fingerprint density at radius 1 is 1.50 bits per heavy atom. The zero-order valence-electron chi connectivity index (χ0n) is 10.9. The molecule has 1 atom stereocenters. The number of anilines is 1. The molecule has 0 saturated heterocycles. The minimum absolute atomic E-state index is 0.0417. The second kappa shape index (κ2) is 6.57. The number of amides is 1. The van der Waals surface area contributed by atoms with Crippen LogP contribution in [0.2, 0.25) is 5.15 Å². The summed E-state index contributed by atoms with van der Waals surface area (Å²) in [7, 11) is 0. The van der Waals surface area contributed by atoms with E-state index in [1.165, 1.54) is 17.1 Å². The van der Waals surface area contributed by atoms with E-state index in [1.807, 2.05) is 0 Å². The van der Waals surface area contributed by atoms with E-state index in [2.05, 4.69) is 28.0 Å². The monoisotopic (exact) mass is 350 g/mol. The van der Waals surface area contributed by atoms with Gasteiger partial charge in [0.15, 0.2) is 5.15 Å². The summed E-state index contributed by atoms with van der Waals surface area (Å²) >= 11 is 9.21. The second-order valence-electron chi connectivity index (χ2n) is 4.30. The zero-order valence-corrected chi connectivity index (χ0v) is 12.5. The Bertz CT molecular complexity index is 662. The molecule has 0 aliphatic heterocycles. The number of hydrogen-bond acceptors (Lipinski definition) is 4. The van der Waals surface area contributed by atoms with Gasteiger partial charge in [0, 0.05) is 12.6 Å². The van der Waals surface area contributed by atoms with Gasteiger partial charge in [-0.25, -0.2) is 4.68 Å². The average Bonchev–Trinajstić information content (AvgIpc) is 2.80. The summed E-state index contributed by atoms with van der Waals surface area (Å²) < 4.78 is 38.4. The molecule has 2 heterocycles. The SMILES string of the molecule is O=C(CC(S)C(F)(F)F)Nc1cn(-c2cccnc2)nc1Cl. The lowest BCUT2D eigenvalue weighted by atomic mass is 10.3. The molecule has 0 radical (unpaired) electrons. The fraction of sp³-hybridized carbons (Fsp3) is 0.250. The third-order valence-corrected chi connectivity index (χ3v) is 3.36. The van der Waals surface area contributed by atoms with E-state index in [4.69, 9.17) is 11.6 Å². The minimum Gasteiger partial charge on any atom is -0.322 e. The highest BCUT2D eigenvalue weighted by Gasteiger charge is 2.38. The van der Waals surface area contributed by atoms with Gasteiger partial charge >= 0.3 is 6.18 Å². The zero-order chi connectivity index (χ0) is 16.3. The van der Waals surface area contributed by atoms with Gasteiger partial charge in [0.1, 0.15) is 5.25 Å². The number of nitrogens with zero attached hydrogens (tertiary/aromatic N) is 3. The lowest BCUT2D eigenvalue weighted by Crippen LogP contribution is -2.28. The van der Waals surface area contributed by atoms with Crippen molar-refractivity contribution in [1.82, 2.24) is 14.8 Å². The van der Waals surface area contributed by atoms with Gasteiger partial charge in [0.2, 0.25) is 5.91 Å². The predicted molar refractivity (Wildman–Crippen MR) is 78.4 cm³/mol. The minimum atomic E-state index is -4.55. The summed E-state index contributed by atoms with van der Waals surface area (Å²) in [5.41, 5.74) is 0.700. The molecule has 10 heteroatoms. The summed E-state index contributed by atoms with van der Waals surface area (Å²) in [4.78, 5) is 15.5. The van der Waals surface area contributed by atoms with Crippen molar-refractivity contribution in [3.05, 3.63) is 35.9 Å². The summed E-state index contributed by atoms with van der Waals surface area (Å²) in [5, 5.41) is 4.14. The number of alkyl halides is 3. The molecule has 0 saturated carbocycles. The number of carbonyl (C=O) groups is 1. The maximum Gasteiger partial charge on any atom is 0.400 e. The van der Waals surface area contributed by atoms with Crippen LogP contribution in [0.5, 0.6) is 0 Å². The largest absolute Gasteiger partial charge is 0.400 e. The Balaban J connectivity index is 2.08. The molecule has 0 fully saturated rings. The third-order valence-electron chi connectivity index (χ3n) is 2.61. The average molecular weight is 351 g/mol. The summed E-state index contributed by atoms with van der Waals surface area (Å²) in [6, 6.07) is 3.38. The van der Waals surface area contributed by atoms with Gasteiger partial charge in [-0.1, -0.05) is 11.6 Å². The standard InChI is InChI=1S/C12H10ClF3N4OS/c13-11-8(18-10(21)4-9(22)12(14,15)16)6-20(19-11)7-2-1-3-17-5-7/h1-3,5-6,9,22H,4H2,(H,18,21). The number of hydrogen-bond donors (Lipinski definition) is 2. The smallest absolute Gasteiger partial charge is 0.322 e. The van der Waals surface area contributed by atoms with Crippen LogP contribution in [0.3, 0.4) is 0 Å². The number of thiol groups is 1. The van der Waals surface area contributed by atoms with Crippen LogP contribution in [0.1, 0.15) is 6.42 Å². The molecule has 118 valence electrons. The molecule has 0 aromatic carbocycles. The Morgan fingerprint density at radius 3 is 2.82 bits per heavy atom. The molecule has 1 N–H and O–H groups in total. The Morgan fingerprint density at radius 2 is 2.23 bits per heavy atom. The van der Waals surface area contributed by atoms with E-state index in [1.54, 1.807) is 18.3 Å². The van der Waals surface area contributed by atoms with Crippen molar-refractivity contribution in [1.29, 1.82) is 0 Å². The van der Waals surface area contributed by atoms with E-state index in [0.29, 0.717) is 5.69 Å². The normalized spacial score (nSPS) is 13.0. The lowest BCUT2D eigenvalue weighted by molar-refractivity contribution is -0.137. The first-order valence-electron chi connectivity index (χ1n) is 5.97. The Kier molecular flexibility index (Phi) is 4.97. The van der Waals surface area contributed by atoms with Crippen molar-refractivity contribution < 1.29 is 18.0 Å². The second-order valence-corrected chi connectivity index (χ2v) is 5.28. The van der Waals surface area contributed by atoms with Crippen LogP contribution in [0.15, 0.2) is 30.7 Å². The highest BCUT2D eigenvalue weighted by Crippen LogP contribution is 2.28. The van der Waals surface area contributed by atoms with Gasteiger partial charge in [-0.05, 0) is 12.1 Å². The van der Waals surface area contributed by atoms with E-state index in [0.717, 1.165) is 0 Å². The Hall–Kier alpha value is -1.74. The molecule has 0 aliphatic rings. The van der Waals surface area contributed by atoms with E-state index < -0.39 is 23.8 Å². The fourth-order valence-corrected chi connectivity index (χ4v) is 1.89. The van der Waals surface area contributed by atoms with E-state index >= 15 is 0 Å². The molecule has 2 aromatic rings. The molecule has 5 nitrogen and oxygen atoms in total. The van der Waals surface area contributed by atoms with Crippen LogP contribution in [-0.2, 0) is 4.79 Å². The van der Waals surface area contributed by atoms with Crippen LogP contribution in [0, 0.1) is 0 Å². The van der Waals surface area contributed by atoms with Gasteiger partial charge in [0.25, 0.3) is 0 Å². The molecule has 1 amide bonds. The summed E-state index contributed by atoms with van der Waals surface area (Å²) in [6.07, 6.45) is -0.896. The molecule has 0 aliphatic carbocycles. The van der Waals surface area contributed by atoms with E-state index in [9.17, 15) is 18.0 Å². The van der Waals surface area contributed by atoms with E-state index in [-0.39, 0.29) is 10.8 Å². The van der Waals surface area contributed by atoms with Crippen LogP contribution in [0.25, 0.3) is 5.69 Å². The number of halogens is 4. The first-order valence-corrected chi connectivity index (χ1v) is 6.87. The quantitative estimate of drug-likeness (QED) is 0.833. The van der Waals surface area contributed by atoms with Crippen molar-refractivity contribution in [3.63, 3.8) is 0 Å². The lowest BCUT2D eigenvalue weighted by Gasteiger charge is -2.13. The van der Waals surface area contributed by atoms with Crippen LogP contribution >= 0.6 is 24.2 Å². The number of aromatic nitrogens is 3. The predicted octanol–water partition coefficient (Wildman–Crippen LogP) is 3.11. The van der Waals surface area contributed by atoms with Gasteiger partial charge in [0.05, 0.1) is 23.8 Å². The molecule has 0 spiro atoms. The molecule has 2 rings (SSSR count). The van der Waals surface area contributed by atoms with Gasteiger partial charge in [-0.2, -0.15) is 30.9 Å². The number of pyridine rings is 1. The summed E-state index contributed by atoms with van der Waals surface area (Å²) in [6.45, 7) is 0. The molecule has 22 heavy (non-hydrogen) atoms. The Labute approximate surface area is 133 Å². The van der Waals surface area contributed by atoms with Crippen LogP contribution in [-0.4, -0.2) is 32.1 Å².